The number of nitriles is 1. The molecule has 1 aliphatic heterocycles. The number of rotatable bonds is 8. The van der Waals surface area contributed by atoms with Crippen molar-refractivity contribution in [2.45, 2.75) is 45.8 Å². The highest BCUT2D eigenvalue weighted by molar-refractivity contribution is 5.78. The second-order valence-corrected chi connectivity index (χ2v) is 7.03. The molecule has 26 heavy (non-hydrogen) atoms. The maximum Gasteiger partial charge on any atom is 0.223 e. The van der Waals surface area contributed by atoms with Crippen molar-refractivity contribution in [3.8, 4) is 6.07 Å². The molecule has 0 unspecified atom stereocenters. The van der Waals surface area contributed by atoms with Gasteiger partial charge in [-0.25, -0.2) is 4.39 Å². The van der Waals surface area contributed by atoms with Gasteiger partial charge in [0.2, 0.25) is 5.91 Å². The summed E-state index contributed by atoms with van der Waals surface area (Å²) in [6, 6.07) is 6.48. The number of ether oxygens (including phenoxy) is 1. The van der Waals surface area contributed by atoms with E-state index >= 15 is 0 Å². The fourth-order valence-corrected chi connectivity index (χ4v) is 3.11. The molecule has 1 aliphatic rings. The summed E-state index contributed by atoms with van der Waals surface area (Å²) in [6.45, 7) is 7.27. The Labute approximate surface area is 155 Å². The van der Waals surface area contributed by atoms with Gasteiger partial charge in [0.05, 0.1) is 17.7 Å². The number of piperidine rings is 1. The first-order valence-electron chi connectivity index (χ1n) is 9.29. The number of carbonyl (C=O) groups excluding carboxylic acids is 1. The van der Waals surface area contributed by atoms with Gasteiger partial charge in [-0.3, -0.25) is 9.69 Å². The van der Waals surface area contributed by atoms with Crippen LogP contribution < -0.4 is 5.32 Å². The van der Waals surface area contributed by atoms with Crippen molar-refractivity contribution >= 4 is 5.91 Å². The maximum absolute atomic E-state index is 13.9. The zero-order chi connectivity index (χ0) is 18.9. The number of nitrogens with one attached hydrogen (secondary N) is 1. The first-order valence-corrected chi connectivity index (χ1v) is 9.29. The van der Waals surface area contributed by atoms with E-state index in [-0.39, 0.29) is 23.7 Å². The number of halogens is 1. The van der Waals surface area contributed by atoms with Crippen LogP contribution in [0, 0.1) is 23.1 Å². The van der Waals surface area contributed by atoms with E-state index < -0.39 is 0 Å². The summed E-state index contributed by atoms with van der Waals surface area (Å²) < 4.78 is 19.4. The molecule has 0 bridgehead atoms. The largest absolute Gasteiger partial charge is 0.379 e. The minimum absolute atomic E-state index is 0.0209. The molecule has 0 aliphatic carbocycles. The van der Waals surface area contributed by atoms with Crippen molar-refractivity contribution in [2.75, 3.05) is 26.2 Å². The Morgan fingerprint density at radius 2 is 2.15 bits per heavy atom. The molecule has 1 aromatic carbocycles. The molecule has 142 valence electrons. The number of hydrogen-bond donors (Lipinski definition) is 1. The lowest BCUT2D eigenvalue weighted by molar-refractivity contribution is -0.126. The molecular weight excluding hydrogens is 333 g/mol. The number of hydrogen-bond acceptors (Lipinski definition) is 4. The van der Waals surface area contributed by atoms with E-state index in [4.69, 9.17) is 10.00 Å². The van der Waals surface area contributed by atoms with Crippen LogP contribution >= 0.6 is 0 Å². The molecule has 0 saturated carbocycles. The van der Waals surface area contributed by atoms with Gasteiger partial charge >= 0.3 is 0 Å². The molecule has 5 nitrogen and oxygen atoms in total. The first kappa shape index (κ1) is 20.3. The molecule has 2 rings (SSSR count). The Morgan fingerprint density at radius 3 is 2.81 bits per heavy atom. The molecule has 0 atom stereocenters. The highest BCUT2D eigenvalue weighted by atomic mass is 19.1. The number of carbonyl (C=O) groups is 1. The van der Waals surface area contributed by atoms with E-state index in [1.54, 1.807) is 6.07 Å². The summed E-state index contributed by atoms with van der Waals surface area (Å²) in [5.74, 6) is -0.160. The zero-order valence-corrected chi connectivity index (χ0v) is 15.6. The van der Waals surface area contributed by atoms with Crippen LogP contribution in [0.2, 0.25) is 0 Å². The van der Waals surface area contributed by atoms with Gasteiger partial charge in [-0.2, -0.15) is 5.26 Å². The molecule has 1 amide bonds. The van der Waals surface area contributed by atoms with Crippen LogP contribution in [0.15, 0.2) is 18.2 Å². The van der Waals surface area contributed by atoms with Crippen LogP contribution in [0.3, 0.4) is 0 Å². The fraction of sp³-hybridized carbons (Fsp3) is 0.600. The highest BCUT2D eigenvalue weighted by Crippen LogP contribution is 2.20. The van der Waals surface area contributed by atoms with Crippen molar-refractivity contribution in [3.63, 3.8) is 0 Å². The van der Waals surface area contributed by atoms with Gasteiger partial charge in [0.15, 0.2) is 0 Å². The highest BCUT2D eigenvalue weighted by Gasteiger charge is 2.25. The monoisotopic (exact) mass is 361 g/mol. The lowest BCUT2D eigenvalue weighted by Gasteiger charge is -2.31. The molecule has 1 aromatic rings. The lowest BCUT2D eigenvalue weighted by atomic mass is 9.95. The van der Waals surface area contributed by atoms with Gasteiger partial charge in [0, 0.05) is 31.2 Å². The normalized spacial score (nSPS) is 15.8. The van der Waals surface area contributed by atoms with Crippen LogP contribution in [0.1, 0.15) is 44.2 Å². The molecule has 0 aromatic heterocycles. The van der Waals surface area contributed by atoms with E-state index in [0.717, 1.165) is 32.4 Å². The molecule has 1 saturated heterocycles. The minimum Gasteiger partial charge on any atom is -0.379 e. The van der Waals surface area contributed by atoms with Gasteiger partial charge < -0.3 is 10.1 Å². The predicted octanol–water partition coefficient (Wildman–Crippen LogP) is 2.84. The van der Waals surface area contributed by atoms with Crippen LogP contribution in [0.5, 0.6) is 0 Å². The first-order chi connectivity index (χ1) is 12.5. The third kappa shape index (κ3) is 6.40. The van der Waals surface area contributed by atoms with Gasteiger partial charge in [-0.1, -0.05) is 0 Å². The summed E-state index contributed by atoms with van der Waals surface area (Å²) in [7, 11) is 0. The summed E-state index contributed by atoms with van der Waals surface area (Å²) in [4.78, 5) is 14.4. The van der Waals surface area contributed by atoms with Crippen molar-refractivity contribution in [3.05, 3.63) is 35.1 Å². The second-order valence-electron chi connectivity index (χ2n) is 7.03. The molecule has 0 spiro atoms. The maximum atomic E-state index is 13.9. The molecule has 1 fully saturated rings. The SMILES string of the molecule is CC(C)OCCCNC(=O)C1CCN(Cc2cc(C#N)ccc2F)CC1. The Bertz CT molecular complexity index is 634. The summed E-state index contributed by atoms with van der Waals surface area (Å²) >= 11 is 0. The van der Waals surface area contributed by atoms with Crippen molar-refractivity contribution < 1.29 is 13.9 Å². The summed E-state index contributed by atoms with van der Waals surface area (Å²) in [5, 5.41) is 11.9. The predicted molar refractivity (Wildman–Crippen MR) is 97.8 cm³/mol. The average molecular weight is 361 g/mol. The molecule has 0 radical (unpaired) electrons. The third-order valence-corrected chi connectivity index (χ3v) is 4.60. The molecule has 6 heteroatoms. The van der Waals surface area contributed by atoms with Gasteiger partial charge in [-0.15, -0.1) is 0 Å². The smallest absolute Gasteiger partial charge is 0.223 e. The van der Waals surface area contributed by atoms with Gasteiger partial charge in [0.1, 0.15) is 5.82 Å². The van der Waals surface area contributed by atoms with Crippen LogP contribution in [0.4, 0.5) is 4.39 Å². The number of likely N-dealkylation sites (tertiary alicyclic amines) is 1. The molecule has 1 heterocycles. The standard InChI is InChI=1S/C20H28FN3O2/c1-15(2)26-11-3-8-23-20(25)17-6-9-24(10-7-17)14-18-12-16(13-22)4-5-19(18)21/h4-5,12,15,17H,3,6-11,14H2,1-2H3,(H,23,25). The summed E-state index contributed by atoms with van der Waals surface area (Å²) in [5.41, 5.74) is 1.01. The van der Waals surface area contributed by atoms with Crippen LogP contribution in [0.25, 0.3) is 0 Å². The Balaban J connectivity index is 1.72. The van der Waals surface area contributed by atoms with Crippen LogP contribution in [-0.2, 0) is 16.1 Å². The molecule has 1 N–H and O–H groups in total. The fourth-order valence-electron chi connectivity index (χ4n) is 3.11. The van der Waals surface area contributed by atoms with Crippen LogP contribution in [-0.4, -0.2) is 43.2 Å². The van der Waals surface area contributed by atoms with E-state index in [2.05, 4.69) is 10.2 Å². The second kappa shape index (κ2) is 10.2. The van der Waals surface area contributed by atoms with Crippen molar-refractivity contribution in [1.82, 2.24) is 10.2 Å². The zero-order valence-electron chi connectivity index (χ0n) is 15.6. The average Bonchev–Trinajstić information content (AvgIpc) is 2.63. The lowest BCUT2D eigenvalue weighted by Crippen LogP contribution is -2.40. The van der Waals surface area contributed by atoms with E-state index in [1.807, 2.05) is 19.9 Å². The minimum atomic E-state index is -0.285. The summed E-state index contributed by atoms with van der Waals surface area (Å²) in [6.07, 6.45) is 2.58. The van der Waals surface area contributed by atoms with Gasteiger partial charge in [-0.05, 0) is 64.4 Å². The van der Waals surface area contributed by atoms with E-state index in [0.29, 0.717) is 30.8 Å². The quantitative estimate of drug-likeness (QED) is 0.723. The van der Waals surface area contributed by atoms with Crippen molar-refractivity contribution in [2.24, 2.45) is 5.92 Å². The Hall–Kier alpha value is -1.97. The number of nitrogens with zero attached hydrogens (tertiary/aromatic N) is 2. The third-order valence-electron chi connectivity index (χ3n) is 4.60. The van der Waals surface area contributed by atoms with Crippen molar-refractivity contribution in [1.29, 1.82) is 5.26 Å². The van der Waals surface area contributed by atoms with Gasteiger partial charge in [0.25, 0.3) is 0 Å². The number of benzene rings is 1. The van der Waals surface area contributed by atoms with E-state index in [9.17, 15) is 9.18 Å². The topological polar surface area (TPSA) is 65.4 Å². The Kier molecular flexibility index (Phi) is 8.02. The molecular formula is C20H28FN3O2. The Morgan fingerprint density at radius 1 is 1.42 bits per heavy atom. The van der Waals surface area contributed by atoms with E-state index in [1.165, 1.54) is 12.1 Å². The number of amides is 1.